The molecule has 0 aromatic heterocycles. The van der Waals surface area contributed by atoms with Crippen LogP contribution >= 0.6 is 0 Å². The van der Waals surface area contributed by atoms with Crippen molar-refractivity contribution in [2.75, 3.05) is 7.11 Å². The maximum atomic E-state index is 11.8. The first-order valence-electron chi connectivity index (χ1n) is 8.08. The molecule has 2 amide bonds. The first-order chi connectivity index (χ1) is 13.0. The third-order valence-electron chi connectivity index (χ3n) is 3.32. The van der Waals surface area contributed by atoms with Crippen LogP contribution in [0.3, 0.4) is 0 Å². The molecule has 0 aliphatic rings. The summed E-state index contributed by atoms with van der Waals surface area (Å²) < 4.78 is 14.9. The smallest absolute Gasteiger partial charge is 0.413 e. The monoisotopic (exact) mass is 369 g/mol. The number of methoxy groups -OCH3 is 1. The Balaban J connectivity index is 1.93. The Kier molecular flexibility index (Phi) is 7.13. The van der Waals surface area contributed by atoms with Gasteiger partial charge in [0.25, 0.3) is 5.91 Å². The van der Waals surface area contributed by atoms with Gasteiger partial charge < -0.3 is 14.2 Å². The minimum Gasteiger partial charge on any atom is -0.457 e. The highest BCUT2D eigenvalue weighted by atomic mass is 16.6. The summed E-state index contributed by atoms with van der Waals surface area (Å²) in [5, 5.41) is 1.92. The zero-order valence-corrected chi connectivity index (χ0v) is 14.9. The summed E-state index contributed by atoms with van der Waals surface area (Å²) in [4.78, 5) is 34.4. The molecule has 0 bridgehead atoms. The Morgan fingerprint density at radius 1 is 1.00 bits per heavy atom. The summed E-state index contributed by atoms with van der Waals surface area (Å²) >= 11 is 0. The molecule has 0 fully saturated rings. The quantitative estimate of drug-likeness (QED) is 0.620. The standard InChI is InChI=1S/C20H19NO6/c1-14(19(23)21-20(24)25-2)26-18(22)12-11-15-7-6-10-17(13-15)27-16-8-4-3-5-9-16/h3-14H,1-2H3,(H,21,23,24)/b12-11+/t14-/m0/s1. The lowest BCUT2D eigenvalue weighted by Crippen LogP contribution is -2.39. The van der Waals surface area contributed by atoms with Crippen molar-refractivity contribution < 1.29 is 28.6 Å². The van der Waals surface area contributed by atoms with Gasteiger partial charge in [0.05, 0.1) is 7.11 Å². The number of para-hydroxylation sites is 1. The normalized spacial score (nSPS) is 11.5. The van der Waals surface area contributed by atoms with Crippen LogP contribution in [0, 0.1) is 0 Å². The van der Waals surface area contributed by atoms with Crippen LogP contribution in [0.15, 0.2) is 60.7 Å². The number of carbonyl (C=O) groups excluding carboxylic acids is 3. The molecule has 0 saturated carbocycles. The van der Waals surface area contributed by atoms with Crippen molar-refractivity contribution in [3.8, 4) is 11.5 Å². The summed E-state index contributed by atoms with van der Waals surface area (Å²) in [6, 6.07) is 16.4. The molecule has 2 aromatic rings. The van der Waals surface area contributed by atoms with E-state index in [9.17, 15) is 14.4 Å². The molecule has 2 aromatic carbocycles. The Labute approximate surface area is 156 Å². The molecule has 7 nitrogen and oxygen atoms in total. The van der Waals surface area contributed by atoms with Gasteiger partial charge in [0.2, 0.25) is 0 Å². The SMILES string of the molecule is COC(=O)NC(=O)[C@H](C)OC(=O)/C=C/c1cccc(Oc2ccccc2)c1. The van der Waals surface area contributed by atoms with Crippen LogP contribution in [0.5, 0.6) is 11.5 Å². The van der Waals surface area contributed by atoms with Gasteiger partial charge in [-0.05, 0) is 42.8 Å². The number of amides is 2. The molecular formula is C20H19NO6. The Bertz CT molecular complexity index is 831. The number of nitrogens with one attached hydrogen (secondary N) is 1. The van der Waals surface area contributed by atoms with Gasteiger partial charge in [0, 0.05) is 6.08 Å². The van der Waals surface area contributed by atoms with Crippen LogP contribution in [0.25, 0.3) is 6.08 Å². The topological polar surface area (TPSA) is 90.9 Å². The van der Waals surface area contributed by atoms with E-state index in [-0.39, 0.29) is 0 Å². The second kappa shape index (κ2) is 9.76. The van der Waals surface area contributed by atoms with E-state index < -0.39 is 24.1 Å². The Hall–Kier alpha value is -3.61. The van der Waals surface area contributed by atoms with Gasteiger partial charge in [-0.25, -0.2) is 9.59 Å². The molecule has 0 aliphatic carbocycles. The first-order valence-corrected chi connectivity index (χ1v) is 8.08. The van der Waals surface area contributed by atoms with E-state index in [1.807, 2.05) is 35.6 Å². The van der Waals surface area contributed by atoms with E-state index in [4.69, 9.17) is 9.47 Å². The average Bonchev–Trinajstić information content (AvgIpc) is 2.67. The van der Waals surface area contributed by atoms with Crippen molar-refractivity contribution in [1.29, 1.82) is 0 Å². The van der Waals surface area contributed by atoms with Gasteiger partial charge in [0.1, 0.15) is 11.5 Å². The number of imide groups is 1. The van der Waals surface area contributed by atoms with E-state index in [2.05, 4.69) is 4.74 Å². The van der Waals surface area contributed by atoms with Gasteiger partial charge in [-0.3, -0.25) is 10.1 Å². The lowest BCUT2D eigenvalue weighted by Gasteiger charge is -2.10. The van der Waals surface area contributed by atoms with Crippen LogP contribution in [-0.2, 0) is 19.1 Å². The molecule has 0 saturated heterocycles. The lowest BCUT2D eigenvalue weighted by molar-refractivity contribution is -0.149. The summed E-state index contributed by atoms with van der Waals surface area (Å²) in [5.41, 5.74) is 0.715. The van der Waals surface area contributed by atoms with Crippen LogP contribution in [0.4, 0.5) is 4.79 Å². The molecule has 1 N–H and O–H groups in total. The second-order valence-electron chi connectivity index (χ2n) is 5.38. The van der Waals surface area contributed by atoms with Crippen molar-refractivity contribution in [3.05, 3.63) is 66.2 Å². The van der Waals surface area contributed by atoms with Crippen LogP contribution < -0.4 is 10.1 Å². The number of ether oxygens (including phenoxy) is 3. The van der Waals surface area contributed by atoms with Gasteiger partial charge in [0.15, 0.2) is 6.10 Å². The minimum absolute atomic E-state index is 0.613. The fraction of sp³-hybridized carbons (Fsp3) is 0.150. The van der Waals surface area contributed by atoms with Gasteiger partial charge in [-0.15, -0.1) is 0 Å². The molecule has 0 spiro atoms. The van der Waals surface area contributed by atoms with Gasteiger partial charge >= 0.3 is 12.1 Å². The number of alkyl carbamates (subject to hydrolysis) is 1. The van der Waals surface area contributed by atoms with E-state index in [1.54, 1.807) is 24.3 Å². The molecular weight excluding hydrogens is 350 g/mol. The predicted octanol–water partition coefficient (Wildman–Crippen LogP) is 3.31. The van der Waals surface area contributed by atoms with Crippen molar-refractivity contribution in [3.63, 3.8) is 0 Å². The van der Waals surface area contributed by atoms with Gasteiger partial charge in [-0.1, -0.05) is 30.3 Å². The number of benzene rings is 2. The molecule has 2 rings (SSSR count). The molecule has 7 heteroatoms. The Morgan fingerprint density at radius 3 is 2.41 bits per heavy atom. The maximum Gasteiger partial charge on any atom is 0.413 e. The van der Waals surface area contributed by atoms with Crippen LogP contribution in [0.1, 0.15) is 12.5 Å². The second-order valence-corrected chi connectivity index (χ2v) is 5.38. The van der Waals surface area contributed by atoms with Crippen molar-refractivity contribution in [2.45, 2.75) is 13.0 Å². The van der Waals surface area contributed by atoms with E-state index in [1.165, 1.54) is 19.1 Å². The fourth-order valence-electron chi connectivity index (χ4n) is 1.99. The zero-order chi connectivity index (χ0) is 19.6. The summed E-state index contributed by atoms with van der Waals surface area (Å²) in [6.45, 7) is 1.35. The third-order valence-corrected chi connectivity index (χ3v) is 3.32. The predicted molar refractivity (Wildman–Crippen MR) is 98.1 cm³/mol. The molecule has 140 valence electrons. The number of hydrogen-bond donors (Lipinski definition) is 1. The van der Waals surface area contributed by atoms with Crippen LogP contribution in [-0.4, -0.2) is 31.2 Å². The minimum atomic E-state index is -1.14. The van der Waals surface area contributed by atoms with Crippen molar-refractivity contribution in [1.82, 2.24) is 5.32 Å². The average molecular weight is 369 g/mol. The summed E-state index contributed by atoms with van der Waals surface area (Å²) in [7, 11) is 1.12. The lowest BCUT2D eigenvalue weighted by atomic mass is 10.2. The molecule has 0 aliphatic heterocycles. The molecule has 1 atom stereocenters. The van der Waals surface area contributed by atoms with E-state index >= 15 is 0 Å². The first kappa shape index (κ1) is 19.7. The highest BCUT2D eigenvalue weighted by Crippen LogP contribution is 2.22. The van der Waals surface area contributed by atoms with Crippen molar-refractivity contribution >= 4 is 24.0 Å². The number of carbonyl (C=O) groups is 3. The number of esters is 1. The highest BCUT2D eigenvalue weighted by molar-refractivity contribution is 5.96. The Morgan fingerprint density at radius 2 is 1.70 bits per heavy atom. The molecule has 0 radical (unpaired) electrons. The summed E-state index contributed by atoms with van der Waals surface area (Å²) in [5.74, 6) is -0.190. The van der Waals surface area contributed by atoms with Crippen LogP contribution in [0.2, 0.25) is 0 Å². The summed E-state index contributed by atoms with van der Waals surface area (Å²) in [6.07, 6.45) is 0.650. The molecule has 0 heterocycles. The van der Waals surface area contributed by atoms with E-state index in [0.29, 0.717) is 17.1 Å². The zero-order valence-electron chi connectivity index (χ0n) is 14.9. The fourth-order valence-corrected chi connectivity index (χ4v) is 1.99. The van der Waals surface area contributed by atoms with Gasteiger partial charge in [-0.2, -0.15) is 0 Å². The highest BCUT2D eigenvalue weighted by Gasteiger charge is 2.19. The van der Waals surface area contributed by atoms with Crippen molar-refractivity contribution in [2.24, 2.45) is 0 Å². The number of hydrogen-bond acceptors (Lipinski definition) is 6. The third kappa shape index (κ3) is 6.66. The maximum absolute atomic E-state index is 11.8. The number of rotatable bonds is 6. The largest absolute Gasteiger partial charge is 0.457 e. The molecule has 0 unspecified atom stereocenters. The molecule has 27 heavy (non-hydrogen) atoms. The van der Waals surface area contributed by atoms with E-state index in [0.717, 1.165) is 7.11 Å².